The molecule has 4 aliphatic rings. The molecule has 0 radical (unpaired) electrons. The Morgan fingerprint density at radius 1 is 0.972 bits per heavy atom. The van der Waals surface area contributed by atoms with Gasteiger partial charge in [-0.25, -0.2) is 0 Å². The van der Waals surface area contributed by atoms with Crippen molar-refractivity contribution in [3.8, 4) is 0 Å². The Hall–Kier alpha value is -2.12. The molecule has 4 aliphatic carbocycles. The van der Waals surface area contributed by atoms with Crippen LogP contribution in [0.3, 0.4) is 0 Å². The number of hydrogen-bond donors (Lipinski definition) is 4. The standard InChI is InChI=1S/C29H34F2O3S2/c1-26(2)14-20(32)7-8-22(16-26)34-29(30,31)19-6-5-18-11-21(33)15-28(4,23-12-25(23)36)17-24(18)27(3,13-19)9-10-35/h5-8,11,13-17,23,25,32-33,35-36H,9-10,12H2,1-4H3. The Labute approximate surface area is 223 Å². The van der Waals surface area contributed by atoms with Gasteiger partial charge < -0.3 is 14.9 Å². The molecular formula is C29H34F2O3S2. The van der Waals surface area contributed by atoms with Crippen molar-refractivity contribution in [1.29, 1.82) is 0 Å². The fourth-order valence-corrected chi connectivity index (χ4v) is 6.34. The third-order valence-electron chi connectivity index (χ3n) is 7.28. The van der Waals surface area contributed by atoms with Crippen molar-refractivity contribution in [2.75, 3.05) is 5.75 Å². The highest BCUT2D eigenvalue weighted by atomic mass is 32.1. The van der Waals surface area contributed by atoms with E-state index >= 15 is 8.78 Å². The Kier molecular flexibility index (Phi) is 6.97. The predicted octanol–water partition coefficient (Wildman–Crippen LogP) is 7.97. The van der Waals surface area contributed by atoms with Crippen molar-refractivity contribution in [3.63, 3.8) is 0 Å². The monoisotopic (exact) mass is 532 g/mol. The first-order chi connectivity index (χ1) is 16.7. The van der Waals surface area contributed by atoms with Gasteiger partial charge in [-0.15, -0.1) is 0 Å². The first-order valence-corrected chi connectivity index (χ1v) is 13.3. The lowest BCUT2D eigenvalue weighted by molar-refractivity contribution is -0.177. The normalized spacial score (nSPS) is 33.4. The van der Waals surface area contributed by atoms with Gasteiger partial charge in [-0.2, -0.15) is 34.0 Å². The summed E-state index contributed by atoms with van der Waals surface area (Å²) in [6.07, 6.45) is 13.8. The van der Waals surface area contributed by atoms with Gasteiger partial charge in [-0.3, -0.25) is 0 Å². The van der Waals surface area contributed by atoms with Crippen LogP contribution in [0.5, 0.6) is 0 Å². The van der Waals surface area contributed by atoms with Gasteiger partial charge in [0.25, 0.3) is 0 Å². The molecule has 36 heavy (non-hydrogen) atoms. The molecular weight excluding hydrogens is 498 g/mol. The number of halogens is 2. The molecule has 4 atom stereocenters. The lowest BCUT2D eigenvalue weighted by Crippen LogP contribution is -2.27. The van der Waals surface area contributed by atoms with E-state index in [-0.39, 0.29) is 34.0 Å². The van der Waals surface area contributed by atoms with Crippen LogP contribution in [-0.4, -0.2) is 27.3 Å². The maximum Gasteiger partial charge on any atom is 0.426 e. The number of hydrogen-bond acceptors (Lipinski definition) is 5. The molecule has 4 rings (SSSR count). The zero-order valence-electron chi connectivity index (χ0n) is 21.0. The van der Waals surface area contributed by atoms with Crippen LogP contribution in [0, 0.1) is 22.2 Å². The zero-order chi connectivity index (χ0) is 26.5. The van der Waals surface area contributed by atoms with Gasteiger partial charge >= 0.3 is 6.11 Å². The second-order valence-electron chi connectivity index (χ2n) is 11.2. The predicted molar refractivity (Wildman–Crippen MR) is 147 cm³/mol. The fraction of sp³-hybridized carbons (Fsp3) is 0.448. The van der Waals surface area contributed by atoms with Crippen LogP contribution in [0.4, 0.5) is 8.78 Å². The van der Waals surface area contributed by atoms with Gasteiger partial charge in [0.05, 0.1) is 5.57 Å². The molecule has 1 fully saturated rings. The molecule has 2 N–H and O–H groups in total. The number of allylic oxidation sites excluding steroid dienone is 11. The third kappa shape index (κ3) is 5.57. The molecule has 7 heteroatoms. The second-order valence-corrected chi connectivity index (χ2v) is 12.3. The van der Waals surface area contributed by atoms with Crippen LogP contribution in [-0.2, 0) is 4.74 Å². The highest BCUT2D eigenvalue weighted by Gasteiger charge is 2.49. The molecule has 0 aromatic heterocycles. The van der Waals surface area contributed by atoms with Gasteiger partial charge in [0.1, 0.15) is 17.3 Å². The number of rotatable bonds is 6. The van der Waals surface area contributed by atoms with Crippen LogP contribution in [0.25, 0.3) is 0 Å². The Bertz CT molecular complexity index is 1180. The minimum absolute atomic E-state index is 0.0119. The largest absolute Gasteiger partial charge is 0.508 e. The molecule has 0 heterocycles. The van der Waals surface area contributed by atoms with Crippen LogP contribution in [0.2, 0.25) is 0 Å². The van der Waals surface area contributed by atoms with E-state index in [0.29, 0.717) is 17.7 Å². The summed E-state index contributed by atoms with van der Waals surface area (Å²) in [6.45, 7) is 7.58. The Morgan fingerprint density at radius 2 is 1.67 bits per heavy atom. The number of ether oxygens (including phenoxy) is 1. The minimum atomic E-state index is -3.64. The first kappa shape index (κ1) is 26.9. The number of alkyl halides is 2. The smallest absolute Gasteiger partial charge is 0.426 e. The lowest BCUT2D eigenvalue weighted by atomic mass is 9.72. The van der Waals surface area contributed by atoms with E-state index in [1.807, 2.05) is 13.0 Å². The SMILES string of the molecule is CC1(C)C=C(O)C=CC(OC(F)(F)C2=CC(C)(CCS)C3=CC(C)(C4CC4S)C=C(O)C=C3C=C2)=C1. The quantitative estimate of drug-likeness (QED) is 0.262. The lowest BCUT2D eigenvalue weighted by Gasteiger charge is -2.33. The highest BCUT2D eigenvalue weighted by molar-refractivity contribution is 7.81. The summed E-state index contributed by atoms with van der Waals surface area (Å²) in [5.74, 6) is 0.806. The molecule has 194 valence electrons. The molecule has 0 amide bonds. The molecule has 1 saturated carbocycles. The molecule has 0 spiro atoms. The van der Waals surface area contributed by atoms with E-state index in [4.69, 9.17) is 4.74 Å². The van der Waals surface area contributed by atoms with Crippen molar-refractivity contribution in [3.05, 3.63) is 94.8 Å². The summed E-state index contributed by atoms with van der Waals surface area (Å²) in [4.78, 5) is 0. The van der Waals surface area contributed by atoms with Crippen molar-refractivity contribution < 1.29 is 23.7 Å². The summed E-state index contributed by atoms with van der Waals surface area (Å²) >= 11 is 9.07. The van der Waals surface area contributed by atoms with E-state index in [9.17, 15) is 10.2 Å². The Balaban J connectivity index is 1.77. The molecule has 4 unspecified atom stereocenters. The molecule has 0 saturated heterocycles. The van der Waals surface area contributed by atoms with E-state index in [0.717, 1.165) is 12.0 Å². The summed E-state index contributed by atoms with van der Waals surface area (Å²) in [5.41, 5.74) is -0.635. The maximum atomic E-state index is 15.7. The number of thiol groups is 2. The van der Waals surface area contributed by atoms with Gasteiger partial charge in [-0.1, -0.05) is 45.9 Å². The van der Waals surface area contributed by atoms with Gasteiger partial charge in [0.2, 0.25) is 0 Å². The zero-order valence-corrected chi connectivity index (χ0v) is 22.8. The Morgan fingerprint density at radius 3 is 2.31 bits per heavy atom. The van der Waals surface area contributed by atoms with Gasteiger partial charge in [0, 0.05) is 21.5 Å². The number of aliphatic hydroxyl groups excluding tert-OH is 2. The molecule has 3 nitrogen and oxygen atoms in total. The van der Waals surface area contributed by atoms with Crippen molar-refractivity contribution in [2.24, 2.45) is 22.2 Å². The maximum absolute atomic E-state index is 15.7. The average molecular weight is 533 g/mol. The topological polar surface area (TPSA) is 49.7 Å². The van der Waals surface area contributed by atoms with Gasteiger partial charge in [-0.05, 0) is 78.2 Å². The summed E-state index contributed by atoms with van der Waals surface area (Å²) in [7, 11) is 0. The van der Waals surface area contributed by atoms with E-state index in [2.05, 4.69) is 38.3 Å². The van der Waals surface area contributed by atoms with Crippen molar-refractivity contribution in [1.82, 2.24) is 0 Å². The molecule has 0 bridgehead atoms. The van der Waals surface area contributed by atoms with E-state index in [1.165, 1.54) is 18.2 Å². The summed E-state index contributed by atoms with van der Waals surface area (Å²) < 4.78 is 36.6. The van der Waals surface area contributed by atoms with E-state index < -0.39 is 22.4 Å². The second kappa shape index (κ2) is 9.32. The highest BCUT2D eigenvalue weighted by Crippen LogP contribution is 2.55. The van der Waals surface area contributed by atoms with Crippen LogP contribution in [0.15, 0.2) is 94.8 Å². The molecule has 0 aromatic rings. The molecule has 0 aliphatic heterocycles. The van der Waals surface area contributed by atoms with Crippen molar-refractivity contribution in [2.45, 2.75) is 51.9 Å². The van der Waals surface area contributed by atoms with Crippen molar-refractivity contribution >= 4 is 25.3 Å². The van der Waals surface area contributed by atoms with Crippen LogP contribution >= 0.6 is 25.3 Å². The summed E-state index contributed by atoms with van der Waals surface area (Å²) in [6, 6.07) is 0. The van der Waals surface area contributed by atoms with Gasteiger partial charge in [0.15, 0.2) is 0 Å². The summed E-state index contributed by atoms with van der Waals surface area (Å²) in [5, 5.41) is 20.9. The number of fused-ring (bicyclic) bond motifs is 1. The van der Waals surface area contributed by atoms with Crippen LogP contribution < -0.4 is 0 Å². The van der Waals surface area contributed by atoms with E-state index in [1.54, 1.807) is 44.2 Å². The fourth-order valence-electron chi connectivity index (χ4n) is 5.32. The molecule has 0 aromatic carbocycles. The average Bonchev–Trinajstić information content (AvgIpc) is 3.52. The van der Waals surface area contributed by atoms with Crippen LogP contribution in [0.1, 0.15) is 40.5 Å². The number of aliphatic hydroxyl groups is 2. The third-order valence-corrected chi connectivity index (χ3v) is 8.08. The minimum Gasteiger partial charge on any atom is -0.508 e. The first-order valence-electron chi connectivity index (χ1n) is 12.1.